The molecule has 0 radical (unpaired) electrons. The molecule has 8 aromatic rings. The number of methoxy groups -OCH3 is 4. The summed E-state index contributed by atoms with van der Waals surface area (Å²) in [6.45, 7) is 12.4. The summed E-state index contributed by atoms with van der Waals surface area (Å²) >= 11 is 9.68. The smallest absolute Gasteiger partial charge is 0.161 e. The Morgan fingerprint density at radius 1 is 0.613 bits per heavy atom. The zero-order chi connectivity index (χ0) is 42.8. The first kappa shape index (κ1) is 44.6. The van der Waals surface area contributed by atoms with Crippen molar-refractivity contribution < 1.29 is 18.9 Å². The van der Waals surface area contributed by atoms with Gasteiger partial charge >= 0.3 is 0 Å². The molecule has 0 bridgehead atoms. The van der Waals surface area contributed by atoms with Crippen LogP contribution < -0.4 is 29.2 Å². The number of rotatable bonds is 11. The number of benzene rings is 2. The third-order valence-electron chi connectivity index (χ3n) is 10.7. The summed E-state index contributed by atoms with van der Waals surface area (Å²) in [5.74, 6) is 5.53. The van der Waals surface area contributed by atoms with E-state index in [1.807, 2.05) is 36.4 Å². The van der Waals surface area contributed by atoms with Gasteiger partial charge < -0.3 is 29.2 Å². The van der Waals surface area contributed by atoms with Crippen molar-refractivity contribution >= 4 is 81.0 Å². The van der Waals surface area contributed by atoms with E-state index in [0.717, 1.165) is 138 Å². The molecular weight excluding hydrogens is 840 g/mol. The normalized spacial score (nSPS) is 12.7. The quantitative estimate of drug-likeness (QED) is 0.124. The Morgan fingerprint density at radius 3 is 1.56 bits per heavy atom. The number of hydrogen-bond acceptors (Lipinski definition) is 14. The number of ether oxygens (including phenoxy) is 4. The van der Waals surface area contributed by atoms with E-state index in [4.69, 9.17) is 55.5 Å². The number of aryl methyl sites for hydroxylation is 4. The van der Waals surface area contributed by atoms with E-state index >= 15 is 0 Å². The molecule has 0 saturated carbocycles. The first-order valence-electron chi connectivity index (χ1n) is 20.5. The van der Waals surface area contributed by atoms with Gasteiger partial charge in [-0.1, -0.05) is 32.9 Å². The zero-order valence-corrected chi connectivity index (χ0v) is 38.1. The number of hydrogen-bond donors (Lipinski definition) is 1. The number of thiophene rings is 2. The van der Waals surface area contributed by atoms with Crippen molar-refractivity contribution in [1.82, 2.24) is 35.2 Å². The van der Waals surface area contributed by atoms with Gasteiger partial charge in [-0.2, -0.15) is 0 Å². The van der Waals surface area contributed by atoms with Crippen LogP contribution in [0.1, 0.15) is 56.9 Å². The van der Waals surface area contributed by atoms with E-state index < -0.39 is 0 Å². The van der Waals surface area contributed by atoms with Crippen LogP contribution in [0.3, 0.4) is 0 Å². The van der Waals surface area contributed by atoms with Gasteiger partial charge in [0, 0.05) is 60.9 Å². The number of piperazine rings is 1. The molecule has 1 fully saturated rings. The van der Waals surface area contributed by atoms with Crippen LogP contribution in [-0.4, -0.2) is 84.5 Å². The predicted octanol–water partition coefficient (Wildman–Crippen LogP) is 11.1. The van der Waals surface area contributed by atoms with E-state index in [-0.39, 0.29) is 7.43 Å². The van der Waals surface area contributed by atoms with Crippen LogP contribution in [0.5, 0.6) is 23.0 Å². The van der Waals surface area contributed by atoms with Gasteiger partial charge in [0.2, 0.25) is 0 Å². The average molecular weight is 894 g/mol. The number of fused-ring (bicyclic) bond motifs is 6. The molecule has 0 atom stereocenters. The van der Waals surface area contributed by atoms with Gasteiger partial charge in [0.15, 0.2) is 34.0 Å². The zero-order valence-electron chi connectivity index (χ0n) is 35.7. The molecule has 62 heavy (non-hydrogen) atoms. The Bertz CT molecular complexity index is 2900. The Hall–Kier alpha value is -5.41. The fraction of sp³-hybridized carbons (Fsp3) is 0.362. The van der Waals surface area contributed by atoms with Crippen molar-refractivity contribution in [3.63, 3.8) is 0 Å². The largest absolute Gasteiger partial charge is 0.493 e. The van der Waals surface area contributed by atoms with Gasteiger partial charge in [0.05, 0.1) is 60.3 Å². The van der Waals surface area contributed by atoms with Crippen molar-refractivity contribution in [3.05, 3.63) is 76.5 Å². The van der Waals surface area contributed by atoms with Crippen LogP contribution in [0.4, 0.5) is 5.82 Å². The van der Waals surface area contributed by atoms with Crippen molar-refractivity contribution in [2.45, 2.75) is 60.8 Å². The van der Waals surface area contributed by atoms with Gasteiger partial charge in [0.1, 0.15) is 21.3 Å². The fourth-order valence-electron chi connectivity index (χ4n) is 7.73. The van der Waals surface area contributed by atoms with Gasteiger partial charge in [-0.3, -0.25) is 0 Å². The topological polar surface area (TPSA) is 130 Å². The molecule has 0 spiro atoms. The van der Waals surface area contributed by atoms with Crippen LogP contribution >= 0.6 is 34.3 Å². The molecule has 12 nitrogen and oxygen atoms in total. The highest BCUT2D eigenvalue weighted by Gasteiger charge is 2.23. The maximum Gasteiger partial charge on any atom is 0.161 e. The third-order valence-corrected chi connectivity index (χ3v) is 13.3. The van der Waals surface area contributed by atoms with Crippen molar-refractivity contribution in [2.75, 3.05) is 59.5 Å². The van der Waals surface area contributed by atoms with Crippen LogP contribution in [0.15, 0.2) is 48.5 Å². The molecular formula is C47H53ClN8O4S2. The number of halogens is 1. The minimum Gasteiger partial charge on any atom is -0.493 e. The summed E-state index contributed by atoms with van der Waals surface area (Å²) < 4.78 is 23.7. The standard InChI is InChI=1S/C25H29N5O2S.C21H20ClN3O2S.CH4/c1-5-6-20-28-22-21-15(2)13-17(16-7-8-18(31-3)19(14-16)32-4)27-25(21)33-23(22)24(29-20)30-11-9-26-10-12-30;1-5-6-16-24-18-17-11(2)9-13(23-21(17)28-19(18)20(22)25-16)12-7-8-14(26-3)15(10-12)27-4;/h7-8,13-14,26H,5-6,9-12H2,1-4H3;7-10H,5-6H2,1-4H3;1H4. The van der Waals surface area contributed by atoms with E-state index in [1.165, 1.54) is 16.9 Å². The van der Waals surface area contributed by atoms with Crippen molar-refractivity contribution in [3.8, 4) is 45.5 Å². The second-order valence-electron chi connectivity index (χ2n) is 14.8. The van der Waals surface area contributed by atoms with Gasteiger partial charge in [-0.05, 0) is 86.3 Å². The van der Waals surface area contributed by atoms with E-state index in [9.17, 15) is 0 Å². The van der Waals surface area contributed by atoms with Gasteiger partial charge in [-0.15, -0.1) is 22.7 Å². The number of anilines is 1. The highest BCUT2D eigenvalue weighted by Crippen LogP contribution is 2.42. The molecule has 0 aliphatic carbocycles. The monoisotopic (exact) mass is 892 g/mol. The molecule has 1 aliphatic heterocycles. The first-order valence-corrected chi connectivity index (χ1v) is 22.5. The molecule has 1 N–H and O–H groups in total. The molecule has 6 aromatic heterocycles. The lowest BCUT2D eigenvalue weighted by atomic mass is 10.1. The van der Waals surface area contributed by atoms with E-state index in [0.29, 0.717) is 28.2 Å². The lowest BCUT2D eigenvalue weighted by Gasteiger charge is -2.28. The second-order valence-corrected chi connectivity index (χ2v) is 17.2. The summed E-state index contributed by atoms with van der Waals surface area (Å²) in [5.41, 5.74) is 7.95. The van der Waals surface area contributed by atoms with Crippen LogP contribution in [0.25, 0.3) is 63.4 Å². The number of pyridine rings is 2. The minimum atomic E-state index is 0. The molecule has 0 unspecified atom stereocenters. The maximum absolute atomic E-state index is 6.45. The summed E-state index contributed by atoms with van der Waals surface area (Å²) in [6.07, 6.45) is 3.69. The van der Waals surface area contributed by atoms with E-state index in [2.05, 4.69) is 55.0 Å². The molecule has 324 valence electrons. The maximum atomic E-state index is 6.45. The molecule has 9 rings (SSSR count). The second kappa shape index (κ2) is 19.3. The lowest BCUT2D eigenvalue weighted by Crippen LogP contribution is -2.44. The minimum absolute atomic E-state index is 0. The molecule has 15 heteroatoms. The predicted molar refractivity (Wildman–Crippen MR) is 257 cm³/mol. The molecule has 1 saturated heterocycles. The highest BCUT2D eigenvalue weighted by molar-refractivity contribution is 7.26. The SMILES string of the molecule is C.CCCc1nc(Cl)c2sc3nc(-c4ccc(OC)c(OC)c4)cc(C)c3c2n1.CCCc1nc(N2CCNCC2)c2sc3nc(-c4ccc(OC)c(OC)c4)cc(C)c3c2n1. The van der Waals surface area contributed by atoms with Crippen LogP contribution in [0.2, 0.25) is 5.15 Å². The van der Waals surface area contributed by atoms with Crippen LogP contribution in [-0.2, 0) is 12.8 Å². The lowest BCUT2D eigenvalue weighted by molar-refractivity contribution is 0.355. The van der Waals surface area contributed by atoms with Gasteiger partial charge in [-0.25, -0.2) is 29.9 Å². The highest BCUT2D eigenvalue weighted by atomic mass is 35.5. The number of aromatic nitrogens is 6. The summed E-state index contributed by atoms with van der Waals surface area (Å²) in [4.78, 5) is 33.5. The van der Waals surface area contributed by atoms with Crippen molar-refractivity contribution in [2.24, 2.45) is 0 Å². The summed E-state index contributed by atoms with van der Waals surface area (Å²) in [7, 11) is 6.55. The summed E-state index contributed by atoms with van der Waals surface area (Å²) in [6, 6.07) is 15.9. The Balaban J connectivity index is 0.000000186. The van der Waals surface area contributed by atoms with Crippen LogP contribution in [0, 0.1) is 13.8 Å². The first-order chi connectivity index (χ1) is 29.7. The van der Waals surface area contributed by atoms with Gasteiger partial charge in [0.25, 0.3) is 0 Å². The Labute approximate surface area is 375 Å². The fourth-order valence-corrected chi connectivity index (χ4v) is 10.3. The molecule has 7 heterocycles. The van der Waals surface area contributed by atoms with E-state index in [1.54, 1.807) is 39.8 Å². The number of nitrogens with zero attached hydrogens (tertiary/aromatic N) is 7. The molecule has 0 amide bonds. The molecule has 1 aliphatic rings. The molecule has 2 aromatic carbocycles. The van der Waals surface area contributed by atoms with Crippen molar-refractivity contribution in [1.29, 1.82) is 0 Å². The summed E-state index contributed by atoms with van der Waals surface area (Å²) in [5, 5.41) is 6.12. The third kappa shape index (κ3) is 8.65. The Kier molecular flexibility index (Phi) is 13.9. The number of nitrogens with one attached hydrogen (secondary N) is 1. The Morgan fingerprint density at radius 2 is 1.08 bits per heavy atom. The average Bonchev–Trinajstić information content (AvgIpc) is 3.85.